The maximum atomic E-state index is 12.0. The SMILES string of the molecule is CN1CC[C@H](c2ccc(Cl)cc2)[C@H](CCCN(CCS)CC(=O)NCCS)C1.[99Tc].[O-2]. The largest absolute Gasteiger partial charge is 2.00 e. The molecule has 1 heterocycles. The molecule has 2 rings (SSSR count). The third-order valence-electron chi connectivity index (χ3n) is 5.50. The Balaban J connectivity index is 0.00000420. The first-order valence-electron chi connectivity index (χ1n) is 10.2. The molecule has 1 saturated heterocycles. The van der Waals surface area contributed by atoms with Crippen molar-refractivity contribution < 1.29 is 30.4 Å². The van der Waals surface area contributed by atoms with E-state index in [0.717, 1.165) is 43.4 Å². The van der Waals surface area contributed by atoms with E-state index in [-0.39, 0.29) is 31.5 Å². The second-order valence-corrected chi connectivity index (χ2v) is 9.02. The van der Waals surface area contributed by atoms with Crippen molar-refractivity contribution in [3.63, 3.8) is 0 Å². The Kier molecular flexibility index (Phi) is 16.9. The third kappa shape index (κ3) is 10.7. The molecule has 173 valence electrons. The summed E-state index contributed by atoms with van der Waals surface area (Å²) in [6.07, 6.45) is 3.45. The summed E-state index contributed by atoms with van der Waals surface area (Å²) in [4.78, 5) is 16.7. The number of carbonyl (C=O) groups is 1. The maximum absolute atomic E-state index is 12.0. The zero-order chi connectivity index (χ0) is 20.4. The molecular formula is C21H34ClN3O2S2Tc-2. The molecule has 0 aromatic heterocycles. The average Bonchev–Trinajstić information content (AvgIpc) is 2.67. The number of amides is 1. The molecule has 2 atom stereocenters. The van der Waals surface area contributed by atoms with E-state index in [1.165, 1.54) is 18.4 Å². The Morgan fingerprint density at radius 3 is 2.57 bits per heavy atom. The Bertz CT molecular complexity index is 598. The number of nitrogens with one attached hydrogen (secondary N) is 1. The normalized spacial score (nSPS) is 19.1. The van der Waals surface area contributed by atoms with Crippen molar-refractivity contribution in [1.82, 2.24) is 15.1 Å². The van der Waals surface area contributed by atoms with E-state index in [4.69, 9.17) is 11.6 Å². The third-order valence-corrected chi connectivity index (χ3v) is 6.18. The number of halogens is 1. The second kappa shape index (κ2) is 16.8. The molecule has 0 aliphatic carbocycles. The van der Waals surface area contributed by atoms with Crippen molar-refractivity contribution in [3.8, 4) is 0 Å². The molecule has 0 bridgehead atoms. The average molecular weight is 559 g/mol. The second-order valence-electron chi connectivity index (χ2n) is 7.68. The molecule has 1 N–H and O–H groups in total. The van der Waals surface area contributed by atoms with Crippen molar-refractivity contribution in [2.24, 2.45) is 5.92 Å². The standard InChI is InChI=1S/C21H34ClN3OS2.O.Tc/c1-24-11-8-20(17-4-6-19(22)7-5-17)18(15-24)3-2-10-25(12-14-28)16-21(26)23-9-13-27;;/h4-7,18,20,27-28H,2-3,8-16H2,1H3,(H,23,26);;/q;-2;/t18-,20-;;/m1../s1/i;;1+1. The zero-order valence-electron chi connectivity index (χ0n) is 17.6. The monoisotopic (exact) mass is 558 g/mol. The van der Waals surface area contributed by atoms with E-state index in [1.54, 1.807) is 0 Å². The first kappa shape index (κ1) is 30.2. The number of likely N-dealkylation sites (tertiary alicyclic amines) is 1. The Morgan fingerprint density at radius 1 is 1.23 bits per heavy atom. The minimum atomic E-state index is 0. The predicted molar refractivity (Wildman–Crippen MR) is 127 cm³/mol. The minimum Gasteiger partial charge on any atom is -2.00 e. The van der Waals surface area contributed by atoms with Gasteiger partial charge in [0, 0.05) is 56.3 Å². The van der Waals surface area contributed by atoms with Crippen LogP contribution in [-0.2, 0) is 30.4 Å². The molecular weight excluding hydrogens is 525 g/mol. The fourth-order valence-corrected chi connectivity index (χ4v) is 4.62. The van der Waals surface area contributed by atoms with Gasteiger partial charge in [-0.3, -0.25) is 9.69 Å². The first-order valence-corrected chi connectivity index (χ1v) is 11.8. The van der Waals surface area contributed by atoms with E-state index >= 15 is 0 Å². The molecule has 0 unspecified atom stereocenters. The summed E-state index contributed by atoms with van der Waals surface area (Å²) in [7, 11) is 2.21. The van der Waals surface area contributed by atoms with Crippen LogP contribution in [0.3, 0.4) is 0 Å². The molecule has 0 saturated carbocycles. The predicted octanol–water partition coefficient (Wildman–Crippen LogP) is 3.31. The van der Waals surface area contributed by atoms with Crippen LogP contribution in [-0.4, -0.2) is 73.5 Å². The summed E-state index contributed by atoms with van der Waals surface area (Å²) < 4.78 is 0. The van der Waals surface area contributed by atoms with Crippen LogP contribution in [0.4, 0.5) is 0 Å². The van der Waals surface area contributed by atoms with Crippen LogP contribution in [0.5, 0.6) is 0 Å². The molecule has 30 heavy (non-hydrogen) atoms. The number of hydrogen-bond acceptors (Lipinski definition) is 5. The molecule has 1 aromatic carbocycles. The maximum Gasteiger partial charge on any atom is 0.234 e. The van der Waals surface area contributed by atoms with Gasteiger partial charge in [-0.2, -0.15) is 25.3 Å². The molecule has 1 aliphatic heterocycles. The number of nitrogens with zero attached hydrogens (tertiary/aromatic N) is 2. The van der Waals surface area contributed by atoms with Crippen molar-refractivity contribution in [1.29, 1.82) is 0 Å². The Morgan fingerprint density at radius 2 is 1.93 bits per heavy atom. The Hall–Kier alpha value is 0.209. The van der Waals surface area contributed by atoms with Crippen LogP contribution in [0.25, 0.3) is 0 Å². The molecule has 1 radical (unpaired) electrons. The fourth-order valence-electron chi connectivity index (χ4n) is 4.10. The van der Waals surface area contributed by atoms with Crippen LogP contribution in [0.15, 0.2) is 24.3 Å². The smallest absolute Gasteiger partial charge is 0.234 e. The molecule has 1 aromatic rings. The van der Waals surface area contributed by atoms with Crippen LogP contribution in [0, 0.1) is 5.92 Å². The number of piperidine rings is 1. The number of rotatable bonds is 11. The van der Waals surface area contributed by atoms with Gasteiger partial charge < -0.3 is 15.7 Å². The van der Waals surface area contributed by atoms with Gasteiger partial charge >= 0.3 is 0 Å². The van der Waals surface area contributed by atoms with E-state index in [2.05, 4.69) is 59.6 Å². The van der Waals surface area contributed by atoms with E-state index < -0.39 is 0 Å². The summed E-state index contributed by atoms with van der Waals surface area (Å²) in [6, 6.07) is 8.38. The first-order chi connectivity index (χ1) is 13.5. The summed E-state index contributed by atoms with van der Waals surface area (Å²) in [5.41, 5.74) is 1.40. The van der Waals surface area contributed by atoms with Crippen LogP contribution >= 0.6 is 36.9 Å². The van der Waals surface area contributed by atoms with Crippen LogP contribution in [0.2, 0.25) is 5.02 Å². The number of carbonyl (C=O) groups excluding carboxylic acids is 1. The van der Waals surface area contributed by atoms with Gasteiger partial charge in [0.25, 0.3) is 0 Å². The van der Waals surface area contributed by atoms with Crippen molar-refractivity contribution >= 4 is 42.8 Å². The van der Waals surface area contributed by atoms with Gasteiger partial charge in [0.15, 0.2) is 0 Å². The summed E-state index contributed by atoms with van der Waals surface area (Å²) >= 11 is 14.6. The van der Waals surface area contributed by atoms with Crippen molar-refractivity contribution in [2.45, 2.75) is 25.2 Å². The van der Waals surface area contributed by atoms with E-state index in [0.29, 0.717) is 30.7 Å². The van der Waals surface area contributed by atoms with Crippen LogP contribution < -0.4 is 5.32 Å². The van der Waals surface area contributed by atoms with Gasteiger partial charge in [-0.1, -0.05) is 23.7 Å². The molecule has 0 spiro atoms. The van der Waals surface area contributed by atoms with E-state index in [9.17, 15) is 4.79 Å². The van der Waals surface area contributed by atoms with Crippen LogP contribution in [0.1, 0.15) is 30.7 Å². The summed E-state index contributed by atoms with van der Waals surface area (Å²) in [5, 5.41) is 3.70. The Labute approximate surface area is 211 Å². The van der Waals surface area contributed by atoms with Crippen molar-refractivity contribution in [2.75, 3.05) is 57.8 Å². The van der Waals surface area contributed by atoms with Gasteiger partial charge in [-0.15, -0.1) is 0 Å². The molecule has 1 amide bonds. The topological polar surface area (TPSA) is 64.1 Å². The van der Waals surface area contributed by atoms with Gasteiger partial charge in [0.05, 0.1) is 6.54 Å². The molecule has 1 aliphatic rings. The van der Waals surface area contributed by atoms with Gasteiger partial charge in [0.1, 0.15) is 0 Å². The molecule has 1 fully saturated rings. The number of thiol groups is 2. The van der Waals surface area contributed by atoms with Gasteiger partial charge in [-0.05, 0) is 68.9 Å². The number of hydrogen-bond donors (Lipinski definition) is 3. The summed E-state index contributed by atoms with van der Waals surface area (Å²) in [6.45, 7) is 5.10. The van der Waals surface area contributed by atoms with Gasteiger partial charge in [-0.25, -0.2) is 0 Å². The molecule has 9 heteroatoms. The fraction of sp³-hybridized carbons (Fsp3) is 0.667. The van der Waals surface area contributed by atoms with E-state index in [1.807, 2.05) is 12.1 Å². The molecule has 5 nitrogen and oxygen atoms in total. The number of benzene rings is 1. The minimum absolute atomic E-state index is 0. The van der Waals surface area contributed by atoms with Gasteiger partial charge in [0.2, 0.25) is 5.91 Å². The quantitative estimate of drug-likeness (QED) is 0.365. The zero-order valence-corrected chi connectivity index (χ0v) is 22.0. The summed E-state index contributed by atoms with van der Waals surface area (Å²) in [5.74, 6) is 2.73. The van der Waals surface area contributed by atoms with Crippen molar-refractivity contribution in [3.05, 3.63) is 34.9 Å².